The fourth-order valence-electron chi connectivity index (χ4n) is 1.77. The third kappa shape index (κ3) is 2.97. The zero-order valence-electron chi connectivity index (χ0n) is 10.9. The minimum absolute atomic E-state index is 0.422. The van der Waals surface area contributed by atoms with Crippen molar-refractivity contribution < 1.29 is 4.74 Å². The van der Waals surface area contributed by atoms with Crippen molar-refractivity contribution >= 4 is 23.1 Å². The lowest BCUT2D eigenvalue weighted by Crippen LogP contribution is -2.04. The largest absolute Gasteiger partial charge is 0.495 e. The SMILES string of the molecule is COc1cc(Cl)c(C)cc1Nc1ncccc1CN. The molecule has 3 N–H and O–H groups in total. The summed E-state index contributed by atoms with van der Waals surface area (Å²) in [6.45, 7) is 2.36. The Morgan fingerprint density at radius 1 is 1.42 bits per heavy atom. The molecule has 1 aromatic heterocycles. The van der Waals surface area contributed by atoms with Crippen molar-refractivity contribution in [1.29, 1.82) is 0 Å². The van der Waals surface area contributed by atoms with E-state index < -0.39 is 0 Å². The van der Waals surface area contributed by atoms with Gasteiger partial charge in [-0.2, -0.15) is 0 Å². The summed E-state index contributed by atoms with van der Waals surface area (Å²) in [6.07, 6.45) is 1.72. The molecule has 100 valence electrons. The number of nitrogens with one attached hydrogen (secondary N) is 1. The zero-order chi connectivity index (χ0) is 13.8. The summed E-state index contributed by atoms with van der Waals surface area (Å²) in [5, 5.41) is 3.91. The number of benzene rings is 1. The number of halogens is 1. The molecule has 0 bridgehead atoms. The summed E-state index contributed by atoms with van der Waals surface area (Å²) in [4.78, 5) is 4.29. The van der Waals surface area contributed by atoms with Gasteiger partial charge in [0.2, 0.25) is 0 Å². The van der Waals surface area contributed by atoms with Gasteiger partial charge in [0, 0.05) is 29.4 Å². The van der Waals surface area contributed by atoms with Crippen LogP contribution in [0.2, 0.25) is 5.02 Å². The third-order valence-electron chi connectivity index (χ3n) is 2.85. The highest BCUT2D eigenvalue weighted by molar-refractivity contribution is 6.31. The lowest BCUT2D eigenvalue weighted by Gasteiger charge is -2.14. The smallest absolute Gasteiger partial charge is 0.143 e. The summed E-state index contributed by atoms with van der Waals surface area (Å²) in [5.74, 6) is 1.40. The molecule has 0 atom stereocenters. The number of hydrogen-bond acceptors (Lipinski definition) is 4. The third-order valence-corrected chi connectivity index (χ3v) is 3.25. The van der Waals surface area contributed by atoms with E-state index in [9.17, 15) is 0 Å². The standard InChI is InChI=1S/C14H16ClN3O/c1-9-6-12(13(19-2)7-11(9)15)18-14-10(8-16)4-3-5-17-14/h3-7H,8,16H2,1-2H3,(H,17,18). The first-order valence-electron chi connectivity index (χ1n) is 5.91. The Balaban J connectivity index is 2.40. The van der Waals surface area contributed by atoms with Gasteiger partial charge in [-0.3, -0.25) is 0 Å². The fourth-order valence-corrected chi connectivity index (χ4v) is 1.93. The van der Waals surface area contributed by atoms with Crippen LogP contribution >= 0.6 is 11.6 Å². The maximum absolute atomic E-state index is 6.08. The summed E-state index contributed by atoms with van der Waals surface area (Å²) in [6, 6.07) is 7.50. The van der Waals surface area contributed by atoms with Gasteiger partial charge in [0.25, 0.3) is 0 Å². The van der Waals surface area contributed by atoms with Crippen LogP contribution in [0.15, 0.2) is 30.5 Å². The molecule has 5 heteroatoms. The Hall–Kier alpha value is -1.78. The first-order chi connectivity index (χ1) is 9.15. The van der Waals surface area contributed by atoms with Crippen LogP contribution in [0.25, 0.3) is 0 Å². The molecule has 0 aliphatic heterocycles. The van der Waals surface area contributed by atoms with E-state index in [1.807, 2.05) is 25.1 Å². The van der Waals surface area contributed by atoms with Crippen LogP contribution in [-0.2, 0) is 6.54 Å². The van der Waals surface area contributed by atoms with Crippen molar-refractivity contribution in [3.05, 3.63) is 46.6 Å². The van der Waals surface area contributed by atoms with Crippen molar-refractivity contribution in [3.63, 3.8) is 0 Å². The van der Waals surface area contributed by atoms with Crippen LogP contribution < -0.4 is 15.8 Å². The molecule has 19 heavy (non-hydrogen) atoms. The number of methoxy groups -OCH3 is 1. The molecule has 2 aromatic rings. The highest BCUT2D eigenvalue weighted by Gasteiger charge is 2.09. The van der Waals surface area contributed by atoms with Crippen LogP contribution in [0.5, 0.6) is 5.75 Å². The second-order valence-corrected chi connectivity index (χ2v) is 4.55. The maximum atomic E-state index is 6.08. The molecule has 0 aliphatic rings. The van der Waals surface area contributed by atoms with Gasteiger partial charge < -0.3 is 15.8 Å². The average Bonchev–Trinajstić information content (AvgIpc) is 2.43. The van der Waals surface area contributed by atoms with Crippen LogP contribution in [0.1, 0.15) is 11.1 Å². The van der Waals surface area contributed by atoms with Gasteiger partial charge in [0.1, 0.15) is 11.6 Å². The van der Waals surface area contributed by atoms with E-state index >= 15 is 0 Å². The van der Waals surface area contributed by atoms with Crippen LogP contribution in [0.3, 0.4) is 0 Å². The summed E-state index contributed by atoms with van der Waals surface area (Å²) >= 11 is 6.08. The second-order valence-electron chi connectivity index (χ2n) is 4.14. The van der Waals surface area contributed by atoms with Crippen LogP contribution in [-0.4, -0.2) is 12.1 Å². The molecule has 0 radical (unpaired) electrons. The summed E-state index contributed by atoms with van der Waals surface area (Å²) in [7, 11) is 1.61. The lowest BCUT2D eigenvalue weighted by atomic mass is 10.2. The van der Waals surface area contributed by atoms with Crippen LogP contribution in [0, 0.1) is 6.92 Å². The van der Waals surface area contributed by atoms with E-state index in [1.54, 1.807) is 19.4 Å². The molecule has 0 aliphatic carbocycles. The molecule has 0 unspecified atom stereocenters. The summed E-state index contributed by atoms with van der Waals surface area (Å²) in [5.41, 5.74) is 8.42. The number of aryl methyl sites for hydroxylation is 1. The minimum Gasteiger partial charge on any atom is -0.495 e. The average molecular weight is 278 g/mol. The molecule has 0 spiro atoms. The summed E-state index contributed by atoms with van der Waals surface area (Å²) < 4.78 is 5.32. The number of rotatable bonds is 4. The molecular formula is C14H16ClN3O. The van der Waals surface area contributed by atoms with Gasteiger partial charge in [-0.1, -0.05) is 17.7 Å². The van der Waals surface area contributed by atoms with Crippen molar-refractivity contribution in [2.24, 2.45) is 5.73 Å². The molecule has 4 nitrogen and oxygen atoms in total. The van der Waals surface area contributed by atoms with E-state index in [0.29, 0.717) is 17.3 Å². The van der Waals surface area contributed by atoms with Crippen molar-refractivity contribution in [2.45, 2.75) is 13.5 Å². The van der Waals surface area contributed by atoms with E-state index in [0.717, 1.165) is 22.6 Å². The van der Waals surface area contributed by atoms with Gasteiger partial charge in [-0.15, -0.1) is 0 Å². The van der Waals surface area contributed by atoms with Crippen molar-refractivity contribution in [2.75, 3.05) is 12.4 Å². The van der Waals surface area contributed by atoms with E-state index in [2.05, 4.69) is 10.3 Å². The molecule has 0 amide bonds. The van der Waals surface area contributed by atoms with Gasteiger partial charge >= 0.3 is 0 Å². The topological polar surface area (TPSA) is 60.2 Å². The first-order valence-corrected chi connectivity index (χ1v) is 6.28. The minimum atomic E-state index is 0.422. The van der Waals surface area contributed by atoms with Crippen molar-refractivity contribution in [1.82, 2.24) is 4.98 Å². The Kier molecular flexibility index (Phi) is 4.24. The van der Waals surface area contributed by atoms with E-state index in [4.69, 9.17) is 22.1 Å². The van der Waals surface area contributed by atoms with E-state index in [1.165, 1.54) is 0 Å². The molecule has 2 rings (SSSR count). The first kappa shape index (κ1) is 13.6. The molecule has 1 aromatic carbocycles. The number of hydrogen-bond donors (Lipinski definition) is 2. The zero-order valence-corrected chi connectivity index (χ0v) is 11.7. The number of nitrogens with zero attached hydrogens (tertiary/aromatic N) is 1. The number of nitrogens with two attached hydrogens (primary N) is 1. The lowest BCUT2D eigenvalue weighted by molar-refractivity contribution is 0.416. The van der Waals surface area contributed by atoms with Gasteiger partial charge in [0.15, 0.2) is 0 Å². The Morgan fingerprint density at radius 2 is 2.21 bits per heavy atom. The molecule has 0 saturated heterocycles. The number of aromatic nitrogens is 1. The monoisotopic (exact) mass is 277 g/mol. The van der Waals surface area contributed by atoms with E-state index in [-0.39, 0.29) is 0 Å². The number of ether oxygens (including phenoxy) is 1. The predicted molar refractivity (Wildman–Crippen MR) is 78.2 cm³/mol. The Labute approximate surface area is 117 Å². The molecular weight excluding hydrogens is 262 g/mol. The highest BCUT2D eigenvalue weighted by atomic mass is 35.5. The maximum Gasteiger partial charge on any atom is 0.143 e. The van der Waals surface area contributed by atoms with Crippen LogP contribution in [0.4, 0.5) is 11.5 Å². The Bertz CT molecular complexity index is 587. The molecule has 0 fully saturated rings. The second kappa shape index (κ2) is 5.91. The van der Waals surface area contributed by atoms with Crippen molar-refractivity contribution in [3.8, 4) is 5.75 Å². The van der Waals surface area contributed by atoms with Gasteiger partial charge in [-0.05, 0) is 24.6 Å². The highest BCUT2D eigenvalue weighted by Crippen LogP contribution is 2.33. The molecule has 1 heterocycles. The number of pyridine rings is 1. The van der Waals surface area contributed by atoms with Gasteiger partial charge in [-0.25, -0.2) is 4.98 Å². The fraction of sp³-hybridized carbons (Fsp3) is 0.214. The quantitative estimate of drug-likeness (QED) is 0.901. The van der Waals surface area contributed by atoms with Gasteiger partial charge in [0.05, 0.1) is 12.8 Å². The predicted octanol–water partition coefficient (Wildman–Crippen LogP) is 3.25. The molecule has 0 saturated carbocycles. The Morgan fingerprint density at radius 3 is 2.89 bits per heavy atom. The number of anilines is 2. The normalized spacial score (nSPS) is 10.3.